The third-order valence-electron chi connectivity index (χ3n) is 2.38. The van der Waals surface area contributed by atoms with Crippen LogP contribution in [0.2, 0.25) is 5.02 Å². The van der Waals surface area contributed by atoms with E-state index in [1.807, 2.05) is 25.1 Å². The van der Waals surface area contributed by atoms with Crippen LogP contribution in [0, 0.1) is 6.92 Å². The van der Waals surface area contributed by atoms with Crippen molar-refractivity contribution >= 4 is 17.6 Å². The third kappa shape index (κ3) is 2.65. The summed E-state index contributed by atoms with van der Waals surface area (Å²) in [5.41, 5.74) is 2.62. The summed E-state index contributed by atoms with van der Waals surface area (Å²) >= 11 is 5.92. The number of carbonyl (C=O) groups is 1. The first-order valence-corrected chi connectivity index (χ1v) is 5.46. The van der Waals surface area contributed by atoms with E-state index in [2.05, 4.69) is 5.10 Å². The Morgan fingerprint density at radius 1 is 1.53 bits per heavy atom. The summed E-state index contributed by atoms with van der Waals surface area (Å²) in [6.45, 7) is 1.70. The average molecular weight is 251 g/mol. The molecule has 0 aliphatic heterocycles. The van der Waals surface area contributed by atoms with Crippen LogP contribution in [0.25, 0.3) is 11.1 Å². The van der Waals surface area contributed by atoms with Gasteiger partial charge in [0.2, 0.25) is 0 Å². The van der Waals surface area contributed by atoms with E-state index in [1.165, 1.54) is 4.68 Å². The number of hydrogen-bond donors (Lipinski definition) is 1. The molecule has 0 aliphatic rings. The maximum atomic E-state index is 10.6. The molecule has 0 radical (unpaired) electrons. The quantitative estimate of drug-likeness (QED) is 0.911. The molecule has 0 unspecified atom stereocenters. The molecule has 2 aromatic rings. The molecule has 17 heavy (non-hydrogen) atoms. The van der Waals surface area contributed by atoms with E-state index in [0.717, 1.165) is 16.8 Å². The van der Waals surface area contributed by atoms with Gasteiger partial charge < -0.3 is 5.11 Å². The Kier molecular flexibility index (Phi) is 3.15. The fourth-order valence-electron chi connectivity index (χ4n) is 1.68. The molecule has 0 aliphatic carbocycles. The molecule has 4 nitrogen and oxygen atoms in total. The van der Waals surface area contributed by atoms with Gasteiger partial charge in [-0.25, -0.2) is 0 Å². The molecular weight excluding hydrogens is 240 g/mol. The Hall–Kier alpha value is -1.81. The van der Waals surface area contributed by atoms with Crippen molar-refractivity contribution in [3.05, 3.63) is 41.2 Å². The summed E-state index contributed by atoms with van der Waals surface area (Å²) in [7, 11) is 0. The number of halogens is 1. The minimum atomic E-state index is -0.912. The first-order chi connectivity index (χ1) is 8.06. The molecule has 1 aromatic carbocycles. The monoisotopic (exact) mass is 250 g/mol. The molecule has 1 heterocycles. The van der Waals surface area contributed by atoms with E-state index < -0.39 is 5.97 Å². The van der Waals surface area contributed by atoms with Crippen molar-refractivity contribution < 1.29 is 9.90 Å². The van der Waals surface area contributed by atoms with E-state index in [0.29, 0.717) is 5.02 Å². The zero-order valence-corrected chi connectivity index (χ0v) is 9.98. The topological polar surface area (TPSA) is 55.1 Å². The average Bonchev–Trinajstić information content (AvgIpc) is 2.58. The Balaban J connectivity index is 2.39. The molecule has 1 aromatic heterocycles. The molecule has 0 fully saturated rings. The highest BCUT2D eigenvalue weighted by molar-refractivity contribution is 6.30. The predicted molar refractivity (Wildman–Crippen MR) is 65.0 cm³/mol. The van der Waals surface area contributed by atoms with Gasteiger partial charge in [0.25, 0.3) is 0 Å². The lowest BCUT2D eigenvalue weighted by Crippen LogP contribution is -2.08. The second-order valence-electron chi connectivity index (χ2n) is 3.73. The summed E-state index contributed by atoms with van der Waals surface area (Å²) in [5.74, 6) is -0.912. The van der Waals surface area contributed by atoms with Crippen molar-refractivity contribution in [2.24, 2.45) is 0 Å². The summed E-state index contributed by atoms with van der Waals surface area (Å²) in [6, 6.07) is 7.39. The van der Waals surface area contributed by atoms with E-state index in [1.54, 1.807) is 12.3 Å². The normalized spacial score (nSPS) is 10.5. The molecule has 0 saturated heterocycles. The second-order valence-corrected chi connectivity index (χ2v) is 4.17. The summed E-state index contributed by atoms with van der Waals surface area (Å²) in [5, 5.41) is 13.5. The molecular formula is C12H11ClN2O2. The van der Waals surface area contributed by atoms with E-state index in [-0.39, 0.29) is 6.54 Å². The highest BCUT2D eigenvalue weighted by Crippen LogP contribution is 2.24. The van der Waals surface area contributed by atoms with E-state index in [4.69, 9.17) is 16.7 Å². The van der Waals surface area contributed by atoms with Crippen LogP contribution in [0.3, 0.4) is 0 Å². The fourth-order valence-corrected chi connectivity index (χ4v) is 1.87. The Morgan fingerprint density at radius 3 is 2.94 bits per heavy atom. The smallest absolute Gasteiger partial charge is 0.325 e. The molecule has 0 atom stereocenters. The number of benzene rings is 1. The highest BCUT2D eigenvalue weighted by Gasteiger charge is 2.09. The lowest BCUT2D eigenvalue weighted by molar-refractivity contribution is -0.137. The van der Waals surface area contributed by atoms with Gasteiger partial charge in [-0.3, -0.25) is 9.48 Å². The van der Waals surface area contributed by atoms with Crippen LogP contribution in [0.4, 0.5) is 0 Å². The number of rotatable bonds is 3. The first kappa shape index (κ1) is 11.7. The number of aromatic nitrogens is 2. The van der Waals surface area contributed by atoms with Crippen LogP contribution in [-0.2, 0) is 11.3 Å². The van der Waals surface area contributed by atoms with Crippen LogP contribution < -0.4 is 0 Å². The van der Waals surface area contributed by atoms with Crippen molar-refractivity contribution in [1.29, 1.82) is 0 Å². The minimum absolute atomic E-state index is 0.137. The van der Waals surface area contributed by atoms with Gasteiger partial charge in [0.15, 0.2) is 0 Å². The van der Waals surface area contributed by atoms with Crippen LogP contribution in [0.5, 0.6) is 0 Å². The van der Waals surface area contributed by atoms with Gasteiger partial charge >= 0.3 is 5.97 Å². The number of aliphatic carboxylic acids is 1. The maximum Gasteiger partial charge on any atom is 0.325 e. The molecule has 5 heteroatoms. The van der Waals surface area contributed by atoms with Crippen LogP contribution in [0.1, 0.15) is 5.69 Å². The number of carboxylic acids is 1. The number of aryl methyl sites for hydroxylation is 1. The van der Waals surface area contributed by atoms with Crippen molar-refractivity contribution in [3.63, 3.8) is 0 Å². The molecule has 0 bridgehead atoms. The second kappa shape index (κ2) is 4.59. The van der Waals surface area contributed by atoms with E-state index in [9.17, 15) is 4.79 Å². The van der Waals surface area contributed by atoms with Crippen molar-refractivity contribution in [2.45, 2.75) is 13.5 Å². The Bertz CT molecular complexity index is 563. The SMILES string of the molecule is Cc1nn(CC(=O)O)cc1-c1cccc(Cl)c1. The largest absolute Gasteiger partial charge is 0.480 e. The van der Waals surface area contributed by atoms with Crippen LogP contribution in [0.15, 0.2) is 30.5 Å². The maximum absolute atomic E-state index is 10.6. The molecule has 0 saturated carbocycles. The van der Waals surface area contributed by atoms with Crippen molar-refractivity contribution in [3.8, 4) is 11.1 Å². The van der Waals surface area contributed by atoms with Crippen molar-refractivity contribution in [1.82, 2.24) is 9.78 Å². The van der Waals surface area contributed by atoms with E-state index >= 15 is 0 Å². The van der Waals surface area contributed by atoms with Gasteiger partial charge in [-0.05, 0) is 24.6 Å². The Labute approximate surface area is 103 Å². The molecule has 1 N–H and O–H groups in total. The minimum Gasteiger partial charge on any atom is -0.480 e. The lowest BCUT2D eigenvalue weighted by atomic mass is 10.1. The summed E-state index contributed by atoms with van der Waals surface area (Å²) in [6.07, 6.45) is 1.72. The van der Waals surface area contributed by atoms with Gasteiger partial charge in [0.1, 0.15) is 6.54 Å². The molecule has 88 valence electrons. The zero-order valence-electron chi connectivity index (χ0n) is 9.22. The number of nitrogens with zero attached hydrogens (tertiary/aromatic N) is 2. The predicted octanol–water partition coefficient (Wildman–Crippen LogP) is 2.60. The Morgan fingerprint density at radius 2 is 2.29 bits per heavy atom. The first-order valence-electron chi connectivity index (χ1n) is 5.08. The van der Waals surface area contributed by atoms with Gasteiger partial charge in [-0.1, -0.05) is 23.7 Å². The zero-order chi connectivity index (χ0) is 12.4. The van der Waals surface area contributed by atoms with Gasteiger partial charge in [-0.2, -0.15) is 5.10 Å². The highest BCUT2D eigenvalue weighted by atomic mass is 35.5. The van der Waals surface area contributed by atoms with Gasteiger partial charge in [-0.15, -0.1) is 0 Å². The van der Waals surface area contributed by atoms with Crippen LogP contribution >= 0.6 is 11.6 Å². The molecule has 0 spiro atoms. The number of carboxylic acid groups (broad SMARTS) is 1. The van der Waals surface area contributed by atoms with Gasteiger partial charge in [0.05, 0.1) is 5.69 Å². The fraction of sp³-hybridized carbons (Fsp3) is 0.167. The standard InChI is InChI=1S/C12H11ClN2O2/c1-8-11(6-15(14-8)7-12(16)17)9-3-2-4-10(13)5-9/h2-6H,7H2,1H3,(H,16,17). The van der Waals surface area contributed by atoms with Gasteiger partial charge in [0, 0.05) is 16.8 Å². The lowest BCUT2D eigenvalue weighted by Gasteiger charge is -1.98. The summed E-state index contributed by atoms with van der Waals surface area (Å²) < 4.78 is 1.41. The number of hydrogen-bond acceptors (Lipinski definition) is 2. The van der Waals surface area contributed by atoms with Crippen molar-refractivity contribution in [2.75, 3.05) is 0 Å². The molecule has 0 amide bonds. The van der Waals surface area contributed by atoms with Crippen LogP contribution in [-0.4, -0.2) is 20.9 Å². The third-order valence-corrected chi connectivity index (χ3v) is 2.61. The molecule has 2 rings (SSSR count). The summed E-state index contributed by atoms with van der Waals surface area (Å²) in [4.78, 5) is 10.6.